The smallest absolute Gasteiger partial charge is 0.160 e. The molecule has 0 amide bonds. The highest BCUT2D eigenvalue weighted by Gasteiger charge is 2.49. The summed E-state index contributed by atoms with van der Waals surface area (Å²) in [5, 5.41) is 19.8. The van der Waals surface area contributed by atoms with E-state index < -0.39 is 5.66 Å². The van der Waals surface area contributed by atoms with E-state index >= 15 is 0 Å². The molecule has 30 heavy (non-hydrogen) atoms. The van der Waals surface area contributed by atoms with Crippen LogP contribution in [-0.4, -0.2) is 47.8 Å². The van der Waals surface area contributed by atoms with Crippen LogP contribution in [0.1, 0.15) is 49.8 Å². The Labute approximate surface area is 173 Å². The Bertz CT molecular complexity index is 1130. The van der Waals surface area contributed by atoms with Gasteiger partial charge in [0.15, 0.2) is 11.4 Å². The molecule has 0 aromatic carbocycles. The second kappa shape index (κ2) is 6.70. The summed E-state index contributed by atoms with van der Waals surface area (Å²) in [5.41, 5.74) is 11.7. The molecule has 4 heterocycles. The minimum Gasteiger partial charge on any atom is -0.383 e. The molecule has 2 atom stereocenters. The van der Waals surface area contributed by atoms with Gasteiger partial charge in [-0.15, -0.1) is 5.10 Å². The van der Waals surface area contributed by atoms with Crippen molar-refractivity contribution < 1.29 is 0 Å². The predicted molar refractivity (Wildman–Crippen MR) is 108 cm³/mol. The van der Waals surface area contributed by atoms with E-state index in [4.69, 9.17) is 5.73 Å². The lowest BCUT2D eigenvalue weighted by atomic mass is 9.96. The average Bonchev–Trinajstić information content (AvgIpc) is 3.32. The van der Waals surface area contributed by atoms with E-state index in [2.05, 4.69) is 35.7 Å². The maximum absolute atomic E-state index is 9.21. The summed E-state index contributed by atoms with van der Waals surface area (Å²) in [6.07, 6.45) is 8.95. The van der Waals surface area contributed by atoms with Crippen molar-refractivity contribution in [1.29, 1.82) is 5.26 Å². The van der Waals surface area contributed by atoms with Gasteiger partial charge in [0.2, 0.25) is 0 Å². The third-order valence-electron chi connectivity index (χ3n) is 5.71. The van der Waals surface area contributed by atoms with E-state index in [1.807, 2.05) is 35.8 Å². The first kappa shape index (κ1) is 18.4. The molecule has 152 valence electrons. The molecule has 1 saturated carbocycles. The number of aliphatic imine (C=N–C) groups is 2. The maximum atomic E-state index is 9.21. The first-order valence-electron chi connectivity index (χ1n) is 9.80. The third kappa shape index (κ3) is 2.93. The molecule has 2 aromatic heterocycles. The number of hydrazine groups is 1. The van der Waals surface area contributed by atoms with Gasteiger partial charge in [-0.05, 0) is 32.6 Å². The van der Waals surface area contributed by atoms with Crippen LogP contribution in [0.2, 0.25) is 0 Å². The molecule has 3 N–H and O–H groups in total. The van der Waals surface area contributed by atoms with E-state index in [1.165, 1.54) is 25.4 Å². The third-order valence-corrected chi connectivity index (χ3v) is 5.71. The van der Waals surface area contributed by atoms with Crippen LogP contribution in [-0.2, 0) is 6.54 Å². The minimum absolute atomic E-state index is 0.175. The minimum atomic E-state index is -0.828. The van der Waals surface area contributed by atoms with Crippen LogP contribution < -0.4 is 11.2 Å². The van der Waals surface area contributed by atoms with E-state index in [0.29, 0.717) is 28.7 Å². The van der Waals surface area contributed by atoms with Crippen molar-refractivity contribution in [2.24, 2.45) is 21.6 Å². The van der Waals surface area contributed by atoms with Crippen molar-refractivity contribution in [2.45, 2.75) is 44.9 Å². The molecule has 11 nitrogen and oxygen atoms in total. The second-order valence-electron chi connectivity index (χ2n) is 7.90. The highest BCUT2D eigenvalue weighted by atomic mass is 15.6. The molecule has 3 aliphatic rings. The summed E-state index contributed by atoms with van der Waals surface area (Å²) in [6.45, 7) is 4.87. The molecule has 2 aromatic rings. The predicted octanol–water partition coefficient (Wildman–Crippen LogP) is 0.758. The fourth-order valence-corrected chi connectivity index (χ4v) is 3.90. The largest absolute Gasteiger partial charge is 0.383 e. The number of nitriles is 1. The Hall–Kier alpha value is -3.65. The van der Waals surface area contributed by atoms with Crippen LogP contribution in [0.5, 0.6) is 0 Å². The number of amidine groups is 1. The molecule has 5 rings (SSSR count). The van der Waals surface area contributed by atoms with Gasteiger partial charge < -0.3 is 11.2 Å². The van der Waals surface area contributed by atoms with Gasteiger partial charge in [-0.25, -0.2) is 15.0 Å². The van der Waals surface area contributed by atoms with Gasteiger partial charge in [-0.1, -0.05) is 5.21 Å². The second-order valence-corrected chi connectivity index (χ2v) is 7.90. The van der Waals surface area contributed by atoms with Gasteiger partial charge in [0.25, 0.3) is 0 Å². The zero-order chi connectivity index (χ0) is 20.9. The SMILES string of the molecule is CC(c1cn(CC2CC2)nn1)N1NC(c2cncc(C#N)n2)=C2C(N)=NC=NC21C. The zero-order valence-electron chi connectivity index (χ0n) is 16.7. The van der Waals surface area contributed by atoms with Crippen molar-refractivity contribution >= 4 is 17.9 Å². The lowest BCUT2D eigenvalue weighted by Gasteiger charge is -2.37. The van der Waals surface area contributed by atoms with Crippen LogP contribution in [0.15, 0.2) is 34.1 Å². The highest BCUT2D eigenvalue weighted by Crippen LogP contribution is 2.42. The van der Waals surface area contributed by atoms with Crippen LogP contribution in [0.25, 0.3) is 5.70 Å². The molecule has 11 heteroatoms. The first-order chi connectivity index (χ1) is 14.5. The molecular weight excluding hydrogens is 382 g/mol. The van der Waals surface area contributed by atoms with Crippen LogP contribution in [0.3, 0.4) is 0 Å². The number of fused-ring (bicyclic) bond motifs is 1. The molecule has 1 fully saturated rings. The van der Waals surface area contributed by atoms with Crippen molar-refractivity contribution in [2.75, 3.05) is 0 Å². The molecule has 0 radical (unpaired) electrons. The van der Waals surface area contributed by atoms with Crippen LogP contribution in [0, 0.1) is 17.2 Å². The van der Waals surface area contributed by atoms with Gasteiger partial charge in [0.05, 0.1) is 35.9 Å². The van der Waals surface area contributed by atoms with Crippen molar-refractivity contribution in [3.05, 3.63) is 41.2 Å². The monoisotopic (exact) mass is 403 g/mol. The zero-order valence-corrected chi connectivity index (χ0v) is 16.7. The Kier molecular flexibility index (Phi) is 4.11. The Morgan fingerprint density at radius 3 is 3.00 bits per heavy atom. The van der Waals surface area contributed by atoms with E-state index in [-0.39, 0.29) is 11.7 Å². The number of rotatable bonds is 5. The normalized spacial score (nSPS) is 24.2. The summed E-state index contributed by atoms with van der Waals surface area (Å²) < 4.78 is 1.90. The number of hydrogen-bond acceptors (Lipinski definition) is 10. The summed E-state index contributed by atoms with van der Waals surface area (Å²) in [5.74, 6) is 1.05. The lowest BCUT2D eigenvalue weighted by molar-refractivity contribution is 0.0791. The molecule has 0 saturated heterocycles. The number of nitrogens with zero attached hydrogens (tertiary/aromatic N) is 9. The quantitative estimate of drug-likeness (QED) is 0.744. The number of nitrogens with two attached hydrogens (primary N) is 1. The maximum Gasteiger partial charge on any atom is 0.160 e. The van der Waals surface area contributed by atoms with Crippen LogP contribution in [0.4, 0.5) is 0 Å². The summed E-state index contributed by atoms with van der Waals surface area (Å²) in [7, 11) is 0. The summed E-state index contributed by atoms with van der Waals surface area (Å²) >= 11 is 0. The Balaban J connectivity index is 1.52. The van der Waals surface area contributed by atoms with E-state index in [0.717, 1.165) is 12.2 Å². The molecular formula is C19H21N11. The fourth-order valence-electron chi connectivity index (χ4n) is 3.90. The lowest BCUT2D eigenvalue weighted by Crippen LogP contribution is -2.51. The molecule has 0 bridgehead atoms. The fraction of sp³-hybridized carbons (Fsp3) is 0.421. The Morgan fingerprint density at radius 2 is 2.23 bits per heavy atom. The first-order valence-corrected chi connectivity index (χ1v) is 9.80. The molecule has 2 unspecified atom stereocenters. The molecule has 1 aliphatic carbocycles. The Morgan fingerprint density at radius 1 is 1.40 bits per heavy atom. The number of nitrogens with one attached hydrogen (secondary N) is 1. The number of aromatic nitrogens is 5. The van der Waals surface area contributed by atoms with Crippen molar-refractivity contribution in [1.82, 2.24) is 35.4 Å². The van der Waals surface area contributed by atoms with E-state index in [1.54, 1.807) is 6.20 Å². The standard InChI is InChI=1S/C19H21N11/c1-11(15-9-29(28-26-15)8-12-3-4-12)30-19(2)16(18(21)23-10-24-19)17(27-30)14-7-22-6-13(5-20)25-14/h6-7,9-12,27H,3-4,8H2,1-2H3,(H2,21,23,24). The molecule has 0 spiro atoms. The summed E-state index contributed by atoms with van der Waals surface area (Å²) in [4.78, 5) is 17.3. The topological polar surface area (TPSA) is 146 Å². The van der Waals surface area contributed by atoms with Gasteiger partial charge in [-0.2, -0.15) is 10.3 Å². The molecule has 2 aliphatic heterocycles. The van der Waals surface area contributed by atoms with Gasteiger partial charge in [0.1, 0.15) is 29.6 Å². The van der Waals surface area contributed by atoms with Crippen molar-refractivity contribution in [3.8, 4) is 6.07 Å². The summed E-state index contributed by atoms with van der Waals surface area (Å²) in [6, 6.07) is 1.84. The van der Waals surface area contributed by atoms with Crippen LogP contribution >= 0.6 is 0 Å². The van der Waals surface area contributed by atoms with Gasteiger partial charge in [-0.3, -0.25) is 9.67 Å². The highest BCUT2D eigenvalue weighted by molar-refractivity contribution is 6.10. The number of hydrogen-bond donors (Lipinski definition) is 2. The average molecular weight is 403 g/mol. The van der Waals surface area contributed by atoms with Gasteiger partial charge in [0, 0.05) is 6.54 Å². The van der Waals surface area contributed by atoms with Gasteiger partial charge >= 0.3 is 0 Å². The van der Waals surface area contributed by atoms with E-state index in [9.17, 15) is 5.26 Å². The van der Waals surface area contributed by atoms with Crippen molar-refractivity contribution in [3.63, 3.8) is 0 Å².